The minimum Gasteiger partial charge on any atom is -0.383 e. The van der Waals surface area contributed by atoms with Gasteiger partial charge < -0.3 is 10.1 Å². The zero-order valence-electron chi connectivity index (χ0n) is 12.4. The lowest BCUT2D eigenvalue weighted by atomic mass is 9.82. The van der Waals surface area contributed by atoms with Gasteiger partial charge in [-0.3, -0.25) is 0 Å². The van der Waals surface area contributed by atoms with Gasteiger partial charge >= 0.3 is 0 Å². The third-order valence-electron chi connectivity index (χ3n) is 3.88. The van der Waals surface area contributed by atoms with Crippen molar-refractivity contribution in [3.8, 4) is 6.07 Å². The van der Waals surface area contributed by atoms with Crippen molar-refractivity contribution in [1.29, 1.82) is 5.26 Å². The minimum absolute atomic E-state index is 0.110. The van der Waals surface area contributed by atoms with Crippen molar-refractivity contribution in [1.82, 2.24) is 0 Å². The van der Waals surface area contributed by atoms with Crippen molar-refractivity contribution in [2.45, 2.75) is 12.8 Å². The van der Waals surface area contributed by atoms with Crippen LogP contribution in [-0.2, 0) is 14.6 Å². The first-order chi connectivity index (χ1) is 10.3. The Bertz CT molecular complexity index is 677. The number of anilines is 1. The molecule has 1 aromatic carbocycles. The molecule has 120 valence electrons. The van der Waals surface area contributed by atoms with Crippen LogP contribution in [0.3, 0.4) is 0 Å². The third-order valence-corrected chi connectivity index (χ3v) is 5.25. The van der Waals surface area contributed by atoms with Crippen molar-refractivity contribution in [3.05, 3.63) is 28.8 Å². The molecule has 0 aliphatic carbocycles. The monoisotopic (exact) mass is 342 g/mol. The zero-order valence-corrected chi connectivity index (χ0v) is 14.0. The van der Waals surface area contributed by atoms with Gasteiger partial charge in [-0.2, -0.15) is 5.26 Å². The van der Waals surface area contributed by atoms with E-state index < -0.39 is 9.84 Å². The summed E-state index contributed by atoms with van der Waals surface area (Å²) in [6, 6.07) is 7.10. The fourth-order valence-corrected chi connectivity index (χ4v) is 4.45. The van der Waals surface area contributed by atoms with E-state index in [1.54, 1.807) is 18.2 Å². The van der Waals surface area contributed by atoms with E-state index in [-0.39, 0.29) is 11.2 Å². The van der Waals surface area contributed by atoms with Gasteiger partial charge in [-0.05, 0) is 31.0 Å². The highest BCUT2D eigenvalue weighted by Gasteiger charge is 2.36. The van der Waals surface area contributed by atoms with E-state index in [2.05, 4.69) is 11.4 Å². The van der Waals surface area contributed by atoms with Gasteiger partial charge in [0.05, 0.1) is 17.0 Å². The molecule has 0 atom stereocenters. The maximum absolute atomic E-state index is 11.8. The molecule has 0 radical (unpaired) electrons. The lowest BCUT2D eigenvalue weighted by molar-refractivity contribution is 0.0315. The van der Waals surface area contributed by atoms with Gasteiger partial charge in [0.25, 0.3) is 0 Å². The predicted molar refractivity (Wildman–Crippen MR) is 86.9 cm³/mol. The second-order valence-electron chi connectivity index (χ2n) is 5.84. The average molecular weight is 343 g/mol. The molecule has 1 aromatic rings. The summed E-state index contributed by atoms with van der Waals surface area (Å²) in [5.74, 6) is 0.110. The molecule has 0 saturated carbocycles. The summed E-state index contributed by atoms with van der Waals surface area (Å²) >= 11 is 5.97. The van der Waals surface area contributed by atoms with Crippen LogP contribution in [0.25, 0.3) is 0 Å². The minimum atomic E-state index is -3.10. The van der Waals surface area contributed by atoms with Crippen LogP contribution in [0.4, 0.5) is 5.69 Å². The fourth-order valence-electron chi connectivity index (χ4n) is 2.78. The summed E-state index contributed by atoms with van der Waals surface area (Å²) in [5.41, 5.74) is 0.751. The van der Waals surface area contributed by atoms with Gasteiger partial charge in [-0.25, -0.2) is 8.42 Å². The normalized spacial score (nSPS) is 17.7. The Labute approximate surface area is 136 Å². The number of nitriles is 1. The molecule has 1 N–H and O–H groups in total. The lowest BCUT2D eigenvalue weighted by Gasteiger charge is -2.37. The lowest BCUT2D eigenvalue weighted by Crippen LogP contribution is -2.41. The maximum Gasteiger partial charge on any atom is 0.148 e. The van der Waals surface area contributed by atoms with Crippen molar-refractivity contribution in [3.63, 3.8) is 0 Å². The van der Waals surface area contributed by atoms with Gasteiger partial charge in [-0.15, -0.1) is 0 Å². The zero-order chi connectivity index (χ0) is 16.2. The van der Waals surface area contributed by atoms with Crippen LogP contribution in [0.2, 0.25) is 5.02 Å². The number of nitrogens with one attached hydrogen (secondary N) is 1. The Morgan fingerprint density at radius 1 is 1.41 bits per heavy atom. The predicted octanol–water partition coefficient (Wildman–Crippen LogP) is 2.46. The Kier molecular flexibility index (Phi) is 5.32. The largest absolute Gasteiger partial charge is 0.383 e. The van der Waals surface area contributed by atoms with Crippen LogP contribution >= 0.6 is 11.6 Å². The van der Waals surface area contributed by atoms with Gasteiger partial charge in [-0.1, -0.05) is 11.6 Å². The molecule has 1 fully saturated rings. The molecule has 0 unspecified atom stereocenters. The van der Waals surface area contributed by atoms with E-state index in [0.717, 1.165) is 0 Å². The number of halogens is 1. The van der Waals surface area contributed by atoms with E-state index in [0.29, 0.717) is 48.9 Å². The molecule has 5 nitrogen and oxygen atoms in total. The fraction of sp³-hybridized carbons (Fsp3) is 0.533. The molecular weight excluding hydrogens is 324 g/mol. The second kappa shape index (κ2) is 6.86. The number of benzene rings is 1. The van der Waals surface area contributed by atoms with E-state index >= 15 is 0 Å². The Balaban J connectivity index is 2.18. The van der Waals surface area contributed by atoms with Crippen molar-refractivity contribution >= 4 is 27.1 Å². The molecule has 22 heavy (non-hydrogen) atoms. The summed E-state index contributed by atoms with van der Waals surface area (Å²) < 4.78 is 28.9. The van der Waals surface area contributed by atoms with Crippen LogP contribution < -0.4 is 5.32 Å². The molecule has 0 amide bonds. The Hall–Kier alpha value is -1.29. The summed E-state index contributed by atoms with van der Waals surface area (Å²) in [6.45, 7) is 1.58. The number of ether oxygens (including phenoxy) is 1. The third kappa shape index (κ3) is 4.60. The summed E-state index contributed by atoms with van der Waals surface area (Å²) in [6.07, 6.45) is 2.61. The van der Waals surface area contributed by atoms with Gasteiger partial charge in [0.2, 0.25) is 0 Å². The summed E-state index contributed by atoms with van der Waals surface area (Å²) in [7, 11) is -3.10. The second-order valence-corrected chi connectivity index (χ2v) is 8.41. The molecular formula is C15H19ClN2O3S. The molecule has 1 saturated heterocycles. The standard InChI is InChI=1S/C15H19ClN2O3S/c1-22(19,20)11-15(4-6-21-7-5-15)10-18-14-8-13(16)3-2-12(14)9-17/h2-3,8,18H,4-7,10-11H2,1H3. The average Bonchev–Trinajstić information content (AvgIpc) is 2.44. The number of rotatable bonds is 5. The molecule has 0 aromatic heterocycles. The Morgan fingerprint density at radius 2 is 2.09 bits per heavy atom. The van der Waals surface area contributed by atoms with Crippen molar-refractivity contribution < 1.29 is 13.2 Å². The SMILES string of the molecule is CS(=O)(=O)CC1(CNc2cc(Cl)ccc2C#N)CCOCC1. The van der Waals surface area contributed by atoms with E-state index in [1.807, 2.05) is 0 Å². The van der Waals surface area contributed by atoms with Gasteiger partial charge in [0, 0.05) is 36.5 Å². The topological polar surface area (TPSA) is 79.2 Å². The number of hydrogen-bond donors (Lipinski definition) is 1. The molecule has 2 rings (SSSR count). The molecule has 1 aliphatic heterocycles. The van der Waals surface area contributed by atoms with Crippen molar-refractivity contribution in [2.24, 2.45) is 5.41 Å². The number of sulfone groups is 1. The van der Waals surface area contributed by atoms with Crippen LogP contribution in [0.5, 0.6) is 0 Å². The maximum atomic E-state index is 11.8. The highest BCUT2D eigenvalue weighted by Crippen LogP contribution is 2.33. The smallest absolute Gasteiger partial charge is 0.148 e. The highest BCUT2D eigenvalue weighted by atomic mass is 35.5. The quantitative estimate of drug-likeness (QED) is 0.889. The van der Waals surface area contributed by atoms with Crippen LogP contribution in [0, 0.1) is 16.7 Å². The summed E-state index contributed by atoms with van der Waals surface area (Å²) in [4.78, 5) is 0. The molecule has 7 heteroatoms. The molecule has 1 aliphatic rings. The number of nitrogens with zero attached hydrogens (tertiary/aromatic N) is 1. The Morgan fingerprint density at radius 3 is 2.68 bits per heavy atom. The van der Waals surface area contributed by atoms with Gasteiger partial charge in [0.15, 0.2) is 0 Å². The highest BCUT2D eigenvalue weighted by molar-refractivity contribution is 7.90. The van der Waals surface area contributed by atoms with Crippen molar-refractivity contribution in [2.75, 3.05) is 37.1 Å². The van der Waals surface area contributed by atoms with Crippen LogP contribution in [-0.4, -0.2) is 40.2 Å². The molecule has 0 bridgehead atoms. The van der Waals surface area contributed by atoms with Gasteiger partial charge in [0.1, 0.15) is 15.9 Å². The van der Waals surface area contributed by atoms with Crippen LogP contribution in [0.15, 0.2) is 18.2 Å². The number of hydrogen-bond acceptors (Lipinski definition) is 5. The van der Waals surface area contributed by atoms with Crippen LogP contribution in [0.1, 0.15) is 18.4 Å². The first kappa shape index (κ1) is 17.1. The molecule has 1 heterocycles. The summed E-state index contributed by atoms with van der Waals surface area (Å²) in [5, 5.41) is 12.9. The van der Waals surface area contributed by atoms with E-state index in [9.17, 15) is 8.42 Å². The van der Waals surface area contributed by atoms with E-state index in [1.165, 1.54) is 6.26 Å². The first-order valence-electron chi connectivity index (χ1n) is 7.03. The van der Waals surface area contributed by atoms with E-state index in [4.69, 9.17) is 21.6 Å². The first-order valence-corrected chi connectivity index (χ1v) is 9.46. The molecule has 0 spiro atoms.